The molecule has 2 bridgehead atoms. The Bertz CT molecular complexity index is 616. The molecule has 1 saturated carbocycles. The molecule has 3 heteroatoms. The molecular formula is C17H21N3. The molecule has 2 aliphatic rings. The molecule has 1 aliphatic heterocycles. The molecular weight excluding hydrogens is 246 g/mol. The van der Waals surface area contributed by atoms with Gasteiger partial charge in [0.1, 0.15) is 0 Å². The van der Waals surface area contributed by atoms with Gasteiger partial charge in [0.05, 0.1) is 11.9 Å². The summed E-state index contributed by atoms with van der Waals surface area (Å²) < 4.78 is 2.01. The Kier molecular flexibility index (Phi) is 2.88. The maximum atomic E-state index is 4.54. The van der Waals surface area contributed by atoms with E-state index in [4.69, 9.17) is 0 Å². The fourth-order valence-electron chi connectivity index (χ4n) is 3.85. The number of aromatic nitrogens is 2. The van der Waals surface area contributed by atoms with Crippen LogP contribution < -0.4 is 0 Å². The predicted octanol–water partition coefficient (Wildman–Crippen LogP) is 3.17. The van der Waals surface area contributed by atoms with Gasteiger partial charge in [0.2, 0.25) is 0 Å². The van der Waals surface area contributed by atoms with Gasteiger partial charge in [0, 0.05) is 30.9 Å². The summed E-state index contributed by atoms with van der Waals surface area (Å²) >= 11 is 0. The molecule has 2 fully saturated rings. The topological polar surface area (TPSA) is 21.1 Å². The van der Waals surface area contributed by atoms with Crippen LogP contribution in [0.25, 0.3) is 5.69 Å². The second-order valence-corrected chi connectivity index (χ2v) is 6.34. The van der Waals surface area contributed by atoms with Crippen LogP contribution in [0.4, 0.5) is 0 Å². The van der Waals surface area contributed by atoms with Gasteiger partial charge in [-0.05, 0) is 43.7 Å². The summed E-state index contributed by atoms with van der Waals surface area (Å²) in [4.78, 5) is 2.65. The maximum absolute atomic E-state index is 4.54. The number of fused-ring (bicyclic) bond motifs is 2. The number of likely N-dealkylation sites (tertiary alicyclic amines) is 1. The van der Waals surface area contributed by atoms with Crippen LogP contribution in [0.15, 0.2) is 36.7 Å². The molecule has 104 valence electrons. The van der Waals surface area contributed by atoms with E-state index in [1.807, 2.05) is 10.9 Å². The van der Waals surface area contributed by atoms with Gasteiger partial charge in [-0.15, -0.1) is 0 Å². The summed E-state index contributed by atoms with van der Waals surface area (Å²) in [6, 6.07) is 9.25. The van der Waals surface area contributed by atoms with Crippen molar-refractivity contribution in [2.24, 2.45) is 5.92 Å². The number of rotatable bonds is 3. The molecule has 2 aromatic rings. The number of para-hydroxylation sites is 1. The van der Waals surface area contributed by atoms with Crippen LogP contribution in [0.1, 0.15) is 30.4 Å². The number of piperidine rings is 1. The number of nitrogens with zero attached hydrogens (tertiary/aromatic N) is 3. The van der Waals surface area contributed by atoms with Gasteiger partial charge < -0.3 is 0 Å². The van der Waals surface area contributed by atoms with Crippen molar-refractivity contribution in [1.82, 2.24) is 14.7 Å². The van der Waals surface area contributed by atoms with Gasteiger partial charge in [0.15, 0.2) is 0 Å². The minimum Gasteiger partial charge on any atom is -0.296 e. The zero-order valence-corrected chi connectivity index (χ0v) is 12.0. The van der Waals surface area contributed by atoms with Crippen molar-refractivity contribution >= 4 is 0 Å². The highest BCUT2D eigenvalue weighted by atomic mass is 15.3. The normalized spacial score (nSPS) is 25.4. The molecule has 0 amide bonds. The molecule has 0 N–H and O–H groups in total. The number of benzene rings is 1. The highest BCUT2D eigenvalue weighted by molar-refractivity contribution is 5.39. The monoisotopic (exact) mass is 267 g/mol. The molecule has 0 unspecified atom stereocenters. The van der Waals surface area contributed by atoms with Gasteiger partial charge in [-0.1, -0.05) is 18.2 Å². The largest absolute Gasteiger partial charge is 0.296 e. The first kappa shape index (κ1) is 12.2. The van der Waals surface area contributed by atoms with Crippen molar-refractivity contribution in [2.75, 3.05) is 6.54 Å². The number of hydrogen-bond acceptors (Lipinski definition) is 2. The minimum absolute atomic E-state index is 0.835. The Labute approximate surface area is 120 Å². The third-order valence-electron chi connectivity index (χ3n) is 4.91. The Hall–Kier alpha value is -1.61. The quantitative estimate of drug-likeness (QED) is 0.851. The van der Waals surface area contributed by atoms with E-state index in [1.54, 1.807) is 0 Å². The molecule has 2 atom stereocenters. The van der Waals surface area contributed by atoms with E-state index in [-0.39, 0.29) is 0 Å². The van der Waals surface area contributed by atoms with Crippen LogP contribution in [-0.4, -0.2) is 27.3 Å². The second-order valence-electron chi connectivity index (χ2n) is 6.34. The fourth-order valence-corrected chi connectivity index (χ4v) is 3.85. The van der Waals surface area contributed by atoms with E-state index in [0.717, 1.165) is 18.5 Å². The first-order valence-electron chi connectivity index (χ1n) is 7.63. The molecule has 0 radical (unpaired) electrons. The lowest BCUT2D eigenvalue weighted by Crippen LogP contribution is -2.31. The Morgan fingerprint density at radius 2 is 2.15 bits per heavy atom. The van der Waals surface area contributed by atoms with Crippen LogP contribution in [0, 0.1) is 12.8 Å². The molecule has 2 heterocycles. The Morgan fingerprint density at radius 3 is 2.90 bits per heavy atom. The lowest BCUT2D eigenvalue weighted by Gasteiger charge is -2.25. The van der Waals surface area contributed by atoms with E-state index >= 15 is 0 Å². The highest BCUT2D eigenvalue weighted by Gasteiger charge is 2.37. The van der Waals surface area contributed by atoms with Crippen molar-refractivity contribution in [1.29, 1.82) is 0 Å². The standard InChI is InChI=1S/C17H21N3/c1-13-4-2-3-5-17(13)20-12-15(9-18-20)11-19-10-14-6-7-16(19)8-14/h2-5,9,12,14,16H,6-8,10-11H2,1H3/t14-,16-/m0/s1. The zero-order chi connectivity index (χ0) is 13.5. The summed E-state index contributed by atoms with van der Waals surface area (Å²) in [5.41, 5.74) is 3.78. The average molecular weight is 267 g/mol. The lowest BCUT2D eigenvalue weighted by atomic mass is 10.1. The molecule has 3 nitrogen and oxygen atoms in total. The van der Waals surface area contributed by atoms with E-state index in [1.165, 1.54) is 42.6 Å². The van der Waals surface area contributed by atoms with Gasteiger partial charge >= 0.3 is 0 Å². The van der Waals surface area contributed by atoms with E-state index in [2.05, 4.69) is 47.4 Å². The number of aryl methyl sites for hydroxylation is 1. The molecule has 1 aliphatic carbocycles. The van der Waals surface area contributed by atoms with Gasteiger partial charge in [-0.3, -0.25) is 4.90 Å². The van der Waals surface area contributed by atoms with Crippen molar-refractivity contribution in [3.05, 3.63) is 47.8 Å². The Morgan fingerprint density at radius 1 is 1.25 bits per heavy atom. The first-order valence-corrected chi connectivity index (χ1v) is 7.63. The lowest BCUT2D eigenvalue weighted by molar-refractivity contribution is 0.205. The van der Waals surface area contributed by atoms with Crippen LogP contribution in [-0.2, 0) is 6.54 Å². The third-order valence-corrected chi connectivity index (χ3v) is 4.91. The van der Waals surface area contributed by atoms with Crippen molar-refractivity contribution in [3.8, 4) is 5.69 Å². The van der Waals surface area contributed by atoms with E-state index in [0.29, 0.717) is 0 Å². The minimum atomic E-state index is 0.835. The maximum Gasteiger partial charge on any atom is 0.0674 e. The molecule has 4 rings (SSSR count). The summed E-state index contributed by atoms with van der Waals surface area (Å²) in [6.07, 6.45) is 8.49. The predicted molar refractivity (Wildman–Crippen MR) is 79.8 cm³/mol. The van der Waals surface area contributed by atoms with Crippen molar-refractivity contribution in [2.45, 2.75) is 38.8 Å². The first-order chi connectivity index (χ1) is 9.79. The van der Waals surface area contributed by atoms with Crippen LogP contribution in [0.5, 0.6) is 0 Å². The highest BCUT2D eigenvalue weighted by Crippen LogP contribution is 2.38. The van der Waals surface area contributed by atoms with E-state index in [9.17, 15) is 0 Å². The fraction of sp³-hybridized carbons (Fsp3) is 0.471. The SMILES string of the molecule is Cc1ccccc1-n1cc(CN2C[C@H]3CC[C@H]2C3)cn1. The molecule has 1 saturated heterocycles. The summed E-state index contributed by atoms with van der Waals surface area (Å²) in [5.74, 6) is 0.964. The molecule has 1 aromatic heterocycles. The smallest absolute Gasteiger partial charge is 0.0674 e. The summed E-state index contributed by atoms with van der Waals surface area (Å²) in [5, 5.41) is 4.54. The van der Waals surface area contributed by atoms with Crippen LogP contribution in [0.3, 0.4) is 0 Å². The Balaban J connectivity index is 1.52. The van der Waals surface area contributed by atoms with Crippen molar-refractivity contribution < 1.29 is 0 Å². The second kappa shape index (κ2) is 4.74. The van der Waals surface area contributed by atoms with E-state index < -0.39 is 0 Å². The van der Waals surface area contributed by atoms with Gasteiger partial charge in [-0.2, -0.15) is 5.10 Å². The molecule has 1 aromatic carbocycles. The van der Waals surface area contributed by atoms with Crippen LogP contribution >= 0.6 is 0 Å². The van der Waals surface area contributed by atoms with Crippen molar-refractivity contribution in [3.63, 3.8) is 0 Å². The molecule has 20 heavy (non-hydrogen) atoms. The van der Waals surface area contributed by atoms with Crippen LogP contribution in [0.2, 0.25) is 0 Å². The zero-order valence-electron chi connectivity index (χ0n) is 12.0. The van der Waals surface area contributed by atoms with Gasteiger partial charge in [-0.25, -0.2) is 4.68 Å². The summed E-state index contributed by atoms with van der Waals surface area (Å²) in [6.45, 7) is 4.49. The third kappa shape index (κ3) is 2.06. The average Bonchev–Trinajstić information content (AvgIpc) is 3.16. The molecule has 0 spiro atoms. The summed E-state index contributed by atoms with van der Waals surface area (Å²) in [7, 11) is 0. The van der Waals surface area contributed by atoms with Gasteiger partial charge in [0.25, 0.3) is 0 Å². The number of hydrogen-bond donors (Lipinski definition) is 0.